The van der Waals surface area contributed by atoms with Crippen molar-refractivity contribution < 1.29 is 12.6 Å². The molecule has 1 atom stereocenters. The molecule has 0 fully saturated rings. The second-order valence-electron chi connectivity index (χ2n) is 4.14. The summed E-state index contributed by atoms with van der Waals surface area (Å²) in [6.07, 6.45) is 2.76. The molecule has 0 N–H and O–H groups in total. The Hall–Kier alpha value is -0.290. The van der Waals surface area contributed by atoms with Crippen molar-refractivity contribution in [2.45, 2.75) is 25.7 Å². The van der Waals surface area contributed by atoms with Crippen molar-refractivity contribution in [1.82, 2.24) is 0 Å². The highest BCUT2D eigenvalue weighted by Gasteiger charge is 2.17. The van der Waals surface area contributed by atoms with Crippen LogP contribution in [0.4, 0.5) is 0 Å². The van der Waals surface area contributed by atoms with E-state index < -0.39 is 10.1 Å². The van der Waals surface area contributed by atoms with Crippen molar-refractivity contribution in [2.24, 2.45) is 0 Å². The predicted molar refractivity (Wildman–Crippen MR) is 74.9 cm³/mol. The maximum atomic E-state index is 11.0. The fraction of sp³-hybridized carbons (Fsp3) is 0.500. The van der Waals surface area contributed by atoms with E-state index >= 15 is 0 Å². The number of hydrogen-bond acceptors (Lipinski definition) is 3. The van der Waals surface area contributed by atoms with Crippen molar-refractivity contribution in [3.63, 3.8) is 0 Å². The van der Waals surface area contributed by atoms with Crippen LogP contribution >= 0.6 is 23.2 Å². The van der Waals surface area contributed by atoms with E-state index in [0.29, 0.717) is 10.0 Å². The van der Waals surface area contributed by atoms with Gasteiger partial charge in [0.1, 0.15) is 0 Å². The van der Waals surface area contributed by atoms with Gasteiger partial charge in [0.15, 0.2) is 0 Å². The van der Waals surface area contributed by atoms with E-state index in [1.54, 1.807) is 12.1 Å². The molecular weight excluding hydrogens is 295 g/mol. The molecule has 0 bridgehead atoms. The highest BCUT2D eigenvalue weighted by molar-refractivity contribution is 7.85. The van der Waals surface area contributed by atoms with Crippen LogP contribution in [-0.2, 0) is 14.3 Å². The van der Waals surface area contributed by atoms with Crippen LogP contribution in [0, 0.1) is 0 Å². The third kappa shape index (κ3) is 5.14. The second kappa shape index (κ2) is 6.75. The van der Waals surface area contributed by atoms with E-state index in [0.717, 1.165) is 24.7 Å². The van der Waals surface area contributed by atoms with Gasteiger partial charge < -0.3 is 0 Å². The Labute approximate surface area is 118 Å². The lowest BCUT2D eigenvalue weighted by atomic mass is 9.95. The largest absolute Gasteiger partial charge is 0.270 e. The van der Waals surface area contributed by atoms with Crippen molar-refractivity contribution >= 4 is 33.3 Å². The first-order valence-corrected chi connectivity index (χ1v) is 8.20. The third-order valence-corrected chi connectivity index (χ3v) is 3.65. The highest BCUT2D eigenvalue weighted by Crippen LogP contribution is 2.30. The standard InChI is InChI=1S/C12H16Cl2O3S/c1-3-4-9(8-17-18(2,15)16)11-6-5-10(13)7-12(11)14/h5-7,9H,3-4,8H2,1-2H3. The summed E-state index contributed by atoms with van der Waals surface area (Å²) in [6.45, 7) is 2.13. The maximum absolute atomic E-state index is 11.0. The minimum absolute atomic E-state index is 0.0468. The fourth-order valence-corrected chi connectivity index (χ4v) is 2.69. The molecule has 0 spiro atoms. The zero-order valence-electron chi connectivity index (χ0n) is 10.3. The van der Waals surface area contributed by atoms with Gasteiger partial charge in [-0.25, -0.2) is 0 Å². The summed E-state index contributed by atoms with van der Waals surface area (Å²) < 4.78 is 26.9. The molecule has 18 heavy (non-hydrogen) atoms. The lowest BCUT2D eigenvalue weighted by Crippen LogP contribution is -2.12. The summed E-state index contributed by atoms with van der Waals surface area (Å²) in [7, 11) is -3.44. The molecule has 3 nitrogen and oxygen atoms in total. The Kier molecular flexibility index (Phi) is 5.92. The monoisotopic (exact) mass is 310 g/mol. The van der Waals surface area contributed by atoms with E-state index in [9.17, 15) is 8.42 Å². The second-order valence-corrected chi connectivity index (χ2v) is 6.63. The fourth-order valence-electron chi connectivity index (χ4n) is 1.72. The Bertz CT molecular complexity index is 500. The molecule has 6 heteroatoms. The molecule has 0 aromatic heterocycles. The molecular formula is C12H16Cl2O3S. The molecule has 0 aliphatic carbocycles. The summed E-state index contributed by atoms with van der Waals surface area (Å²) in [5.74, 6) is -0.0468. The summed E-state index contributed by atoms with van der Waals surface area (Å²) in [4.78, 5) is 0. The van der Waals surface area contributed by atoms with Crippen LogP contribution < -0.4 is 0 Å². The van der Waals surface area contributed by atoms with E-state index in [1.165, 1.54) is 0 Å². The van der Waals surface area contributed by atoms with Crippen molar-refractivity contribution in [3.8, 4) is 0 Å². The first kappa shape index (κ1) is 15.8. The van der Waals surface area contributed by atoms with Gasteiger partial charge in [0, 0.05) is 16.0 Å². The highest BCUT2D eigenvalue weighted by atomic mass is 35.5. The number of rotatable bonds is 6. The van der Waals surface area contributed by atoms with Crippen LogP contribution in [0.15, 0.2) is 18.2 Å². The van der Waals surface area contributed by atoms with Gasteiger partial charge >= 0.3 is 0 Å². The van der Waals surface area contributed by atoms with Gasteiger partial charge in [-0.3, -0.25) is 4.18 Å². The molecule has 1 unspecified atom stereocenters. The van der Waals surface area contributed by atoms with Gasteiger partial charge in [-0.2, -0.15) is 8.42 Å². The smallest absolute Gasteiger partial charge is 0.264 e. The number of hydrogen-bond donors (Lipinski definition) is 0. The summed E-state index contributed by atoms with van der Waals surface area (Å²) in [5, 5.41) is 1.10. The molecule has 0 saturated heterocycles. The molecule has 0 aliphatic rings. The average Bonchev–Trinajstić information content (AvgIpc) is 2.24. The van der Waals surface area contributed by atoms with Crippen LogP contribution in [0.3, 0.4) is 0 Å². The van der Waals surface area contributed by atoms with Gasteiger partial charge in [-0.1, -0.05) is 42.6 Å². The van der Waals surface area contributed by atoms with Crippen LogP contribution in [0.25, 0.3) is 0 Å². The summed E-state index contributed by atoms with van der Waals surface area (Å²) >= 11 is 12.0. The molecule has 1 rings (SSSR count). The van der Waals surface area contributed by atoms with Gasteiger partial charge in [-0.15, -0.1) is 0 Å². The van der Waals surface area contributed by atoms with Crippen molar-refractivity contribution in [1.29, 1.82) is 0 Å². The van der Waals surface area contributed by atoms with E-state index in [-0.39, 0.29) is 12.5 Å². The zero-order valence-corrected chi connectivity index (χ0v) is 12.6. The van der Waals surface area contributed by atoms with E-state index in [2.05, 4.69) is 0 Å². The van der Waals surface area contributed by atoms with Crippen LogP contribution in [0.2, 0.25) is 10.0 Å². The van der Waals surface area contributed by atoms with Crippen LogP contribution in [0.1, 0.15) is 31.2 Å². The van der Waals surface area contributed by atoms with Crippen molar-refractivity contribution in [2.75, 3.05) is 12.9 Å². The minimum Gasteiger partial charge on any atom is -0.270 e. The Morgan fingerprint density at radius 2 is 2.00 bits per heavy atom. The van der Waals surface area contributed by atoms with Gasteiger partial charge in [-0.05, 0) is 24.1 Å². The van der Waals surface area contributed by atoms with E-state index in [4.69, 9.17) is 27.4 Å². The first-order valence-electron chi connectivity index (χ1n) is 5.63. The van der Waals surface area contributed by atoms with Gasteiger partial charge in [0.25, 0.3) is 10.1 Å². The average molecular weight is 311 g/mol. The first-order chi connectivity index (χ1) is 8.33. The Balaban J connectivity index is 2.90. The minimum atomic E-state index is -3.44. The lowest BCUT2D eigenvalue weighted by Gasteiger charge is -2.17. The molecule has 0 amide bonds. The quantitative estimate of drug-likeness (QED) is 0.749. The molecule has 0 aliphatic heterocycles. The number of halogens is 2. The molecule has 0 saturated carbocycles. The van der Waals surface area contributed by atoms with Gasteiger partial charge in [0.2, 0.25) is 0 Å². The SMILES string of the molecule is CCCC(COS(C)(=O)=O)c1ccc(Cl)cc1Cl. The normalized spacial score (nSPS) is 13.6. The molecule has 0 radical (unpaired) electrons. The van der Waals surface area contributed by atoms with Crippen LogP contribution in [-0.4, -0.2) is 21.3 Å². The Morgan fingerprint density at radius 3 is 2.50 bits per heavy atom. The van der Waals surface area contributed by atoms with Gasteiger partial charge in [0.05, 0.1) is 12.9 Å². The molecule has 1 aromatic carbocycles. The molecule has 102 valence electrons. The number of benzene rings is 1. The summed E-state index contributed by atoms with van der Waals surface area (Å²) in [6, 6.07) is 5.21. The topological polar surface area (TPSA) is 43.4 Å². The Morgan fingerprint density at radius 1 is 1.33 bits per heavy atom. The third-order valence-electron chi connectivity index (χ3n) is 2.52. The molecule has 0 heterocycles. The predicted octanol–water partition coefficient (Wildman–Crippen LogP) is 3.85. The molecule has 1 aromatic rings. The van der Waals surface area contributed by atoms with Crippen LogP contribution in [0.5, 0.6) is 0 Å². The maximum Gasteiger partial charge on any atom is 0.264 e. The summed E-state index contributed by atoms with van der Waals surface area (Å²) in [5.41, 5.74) is 0.867. The van der Waals surface area contributed by atoms with E-state index in [1.807, 2.05) is 13.0 Å². The van der Waals surface area contributed by atoms with Crippen molar-refractivity contribution in [3.05, 3.63) is 33.8 Å². The zero-order chi connectivity index (χ0) is 13.8. The lowest BCUT2D eigenvalue weighted by molar-refractivity contribution is 0.287.